The number of carbonyl (C=O) groups is 1. The largest absolute Gasteiger partial charge is 0.368 e. The van der Waals surface area contributed by atoms with Crippen LogP contribution in [0.1, 0.15) is 12.5 Å². The number of benzene rings is 2. The molecule has 1 atom stereocenters. The van der Waals surface area contributed by atoms with E-state index in [1.165, 1.54) is 6.07 Å². The number of anilines is 2. The molecule has 0 aliphatic carbocycles. The van der Waals surface area contributed by atoms with E-state index in [4.69, 9.17) is 0 Å². The van der Waals surface area contributed by atoms with Crippen LogP contribution in [0.25, 0.3) is 0 Å². The first-order valence-corrected chi connectivity index (χ1v) is 7.57. The molecule has 1 N–H and O–H groups in total. The molecule has 0 spiro atoms. The fourth-order valence-electron chi connectivity index (χ4n) is 2.87. The third-order valence-corrected chi connectivity index (χ3v) is 4.05. The van der Waals surface area contributed by atoms with Crippen LogP contribution in [-0.4, -0.2) is 23.4 Å². The van der Waals surface area contributed by atoms with Crippen LogP contribution in [0.15, 0.2) is 42.5 Å². The van der Waals surface area contributed by atoms with Crippen molar-refractivity contribution in [2.24, 2.45) is 0 Å². The van der Waals surface area contributed by atoms with Crippen molar-refractivity contribution in [3.05, 3.63) is 64.0 Å². The van der Waals surface area contributed by atoms with Crippen molar-refractivity contribution in [3.63, 3.8) is 0 Å². The van der Waals surface area contributed by atoms with Gasteiger partial charge in [0.2, 0.25) is 5.91 Å². The third kappa shape index (κ3) is 2.92. The summed E-state index contributed by atoms with van der Waals surface area (Å²) in [6.07, 6.45) is 0.783. The molecule has 0 saturated heterocycles. The van der Waals surface area contributed by atoms with Gasteiger partial charge in [-0.25, -0.2) is 4.39 Å². The van der Waals surface area contributed by atoms with Crippen molar-refractivity contribution in [1.29, 1.82) is 0 Å². The third-order valence-electron chi connectivity index (χ3n) is 4.05. The average molecular weight is 329 g/mol. The number of halogens is 1. The van der Waals surface area contributed by atoms with Crippen LogP contribution in [-0.2, 0) is 11.2 Å². The van der Waals surface area contributed by atoms with E-state index in [0.29, 0.717) is 6.54 Å². The highest BCUT2D eigenvalue weighted by Gasteiger charge is 2.28. The van der Waals surface area contributed by atoms with Crippen molar-refractivity contribution in [2.75, 3.05) is 16.8 Å². The fraction of sp³-hybridized carbons (Fsp3) is 0.235. The zero-order valence-corrected chi connectivity index (χ0v) is 13.0. The number of nitrogens with zero attached hydrogens (tertiary/aromatic N) is 2. The molecule has 24 heavy (non-hydrogen) atoms. The van der Waals surface area contributed by atoms with Crippen molar-refractivity contribution < 1.29 is 14.1 Å². The molecular formula is C17H16FN3O3. The Labute approximate surface area is 138 Å². The topological polar surface area (TPSA) is 75.5 Å². The molecule has 1 amide bonds. The molecule has 1 unspecified atom stereocenters. The summed E-state index contributed by atoms with van der Waals surface area (Å²) in [7, 11) is 0. The molecule has 6 nitrogen and oxygen atoms in total. The highest BCUT2D eigenvalue weighted by atomic mass is 19.1. The Morgan fingerprint density at radius 3 is 2.83 bits per heavy atom. The summed E-state index contributed by atoms with van der Waals surface area (Å²) in [5.41, 5.74) is 1.70. The van der Waals surface area contributed by atoms with Gasteiger partial charge >= 0.3 is 0 Å². The number of nitrogens with one attached hydrogen (secondary N) is 1. The maximum absolute atomic E-state index is 13.2. The summed E-state index contributed by atoms with van der Waals surface area (Å²) in [6.45, 7) is 2.21. The van der Waals surface area contributed by atoms with E-state index >= 15 is 0 Å². The van der Waals surface area contributed by atoms with Crippen molar-refractivity contribution >= 4 is 23.0 Å². The van der Waals surface area contributed by atoms with Crippen molar-refractivity contribution in [3.8, 4) is 0 Å². The summed E-state index contributed by atoms with van der Waals surface area (Å²) in [6, 6.07) is 10.2. The summed E-state index contributed by atoms with van der Waals surface area (Å²) >= 11 is 0. The number of fused-ring (bicyclic) bond motifs is 1. The minimum absolute atomic E-state index is 0.120. The lowest BCUT2D eigenvalue weighted by Crippen LogP contribution is -2.40. The molecule has 0 aromatic heterocycles. The number of hydrogen-bond donors (Lipinski definition) is 1. The average Bonchev–Trinajstić information content (AvgIpc) is 2.99. The van der Waals surface area contributed by atoms with Crippen molar-refractivity contribution in [1.82, 2.24) is 0 Å². The first-order valence-electron chi connectivity index (χ1n) is 7.57. The van der Waals surface area contributed by atoms with Gasteiger partial charge in [-0.1, -0.05) is 18.2 Å². The van der Waals surface area contributed by atoms with Gasteiger partial charge in [-0.3, -0.25) is 14.9 Å². The number of rotatable bonds is 4. The fourth-order valence-corrected chi connectivity index (χ4v) is 2.87. The van der Waals surface area contributed by atoms with Crippen LogP contribution in [0.2, 0.25) is 0 Å². The molecule has 1 heterocycles. The molecule has 0 bridgehead atoms. The van der Waals surface area contributed by atoms with Gasteiger partial charge in [0.25, 0.3) is 5.69 Å². The van der Waals surface area contributed by atoms with E-state index in [2.05, 4.69) is 5.32 Å². The van der Waals surface area contributed by atoms with Crippen LogP contribution < -0.4 is 10.2 Å². The molecule has 2 aromatic carbocycles. The number of nitro groups is 1. The van der Waals surface area contributed by atoms with Gasteiger partial charge < -0.3 is 10.2 Å². The van der Waals surface area contributed by atoms with E-state index in [1.807, 2.05) is 24.3 Å². The SMILES string of the molecule is CC(Nc1ccc(F)cc1[N+](=O)[O-])C(=O)N1CCc2ccccc21. The minimum Gasteiger partial charge on any atom is -0.368 e. The van der Waals surface area contributed by atoms with E-state index in [1.54, 1.807) is 11.8 Å². The van der Waals surface area contributed by atoms with Crippen LogP contribution in [0.5, 0.6) is 0 Å². The number of amides is 1. The molecule has 0 radical (unpaired) electrons. The summed E-state index contributed by atoms with van der Waals surface area (Å²) in [4.78, 5) is 24.7. The first-order chi connectivity index (χ1) is 11.5. The van der Waals surface area contributed by atoms with Crippen LogP contribution in [0.3, 0.4) is 0 Å². The van der Waals surface area contributed by atoms with Gasteiger partial charge in [-0.15, -0.1) is 0 Å². The van der Waals surface area contributed by atoms with Gasteiger partial charge in [-0.05, 0) is 37.1 Å². The second kappa shape index (κ2) is 6.27. The molecule has 124 valence electrons. The van der Waals surface area contributed by atoms with Gasteiger partial charge in [-0.2, -0.15) is 0 Å². The lowest BCUT2D eigenvalue weighted by molar-refractivity contribution is -0.384. The number of hydrogen-bond acceptors (Lipinski definition) is 4. The number of para-hydroxylation sites is 1. The van der Waals surface area contributed by atoms with Crippen LogP contribution >= 0.6 is 0 Å². The van der Waals surface area contributed by atoms with Gasteiger partial charge in [0.1, 0.15) is 17.5 Å². The van der Waals surface area contributed by atoms with Crippen LogP contribution in [0.4, 0.5) is 21.5 Å². The second-order valence-corrected chi connectivity index (χ2v) is 5.65. The standard InChI is InChI=1S/C17H16FN3O3/c1-11(19-14-7-6-13(18)10-16(14)21(23)24)17(22)20-9-8-12-4-2-3-5-15(12)20/h2-7,10-11,19H,8-9H2,1H3. The lowest BCUT2D eigenvalue weighted by atomic mass is 10.2. The second-order valence-electron chi connectivity index (χ2n) is 5.65. The maximum atomic E-state index is 13.2. The Morgan fingerprint density at radius 1 is 1.33 bits per heavy atom. The molecule has 0 saturated carbocycles. The zero-order valence-electron chi connectivity index (χ0n) is 13.0. The Morgan fingerprint density at radius 2 is 2.08 bits per heavy atom. The highest BCUT2D eigenvalue weighted by Crippen LogP contribution is 2.29. The Balaban J connectivity index is 1.80. The molecule has 0 fully saturated rings. The smallest absolute Gasteiger partial charge is 0.295 e. The molecule has 7 heteroatoms. The summed E-state index contributed by atoms with van der Waals surface area (Å²) < 4.78 is 13.2. The summed E-state index contributed by atoms with van der Waals surface area (Å²) in [5.74, 6) is -0.877. The quantitative estimate of drug-likeness (QED) is 0.691. The Kier molecular flexibility index (Phi) is 4.16. The zero-order chi connectivity index (χ0) is 17.3. The van der Waals surface area contributed by atoms with Gasteiger partial charge in [0, 0.05) is 12.2 Å². The van der Waals surface area contributed by atoms with E-state index in [-0.39, 0.29) is 11.6 Å². The molecule has 2 aromatic rings. The van der Waals surface area contributed by atoms with Gasteiger partial charge in [0.15, 0.2) is 0 Å². The van der Waals surface area contributed by atoms with E-state index in [0.717, 1.165) is 29.8 Å². The first kappa shape index (κ1) is 15.9. The Bertz CT molecular complexity index is 809. The Hall–Kier alpha value is -2.96. The lowest BCUT2D eigenvalue weighted by Gasteiger charge is -2.23. The highest BCUT2D eigenvalue weighted by molar-refractivity contribution is 6.00. The predicted molar refractivity (Wildman–Crippen MR) is 88.6 cm³/mol. The van der Waals surface area contributed by atoms with Crippen molar-refractivity contribution in [2.45, 2.75) is 19.4 Å². The molecule has 1 aliphatic rings. The van der Waals surface area contributed by atoms with Crippen LogP contribution in [0, 0.1) is 15.9 Å². The normalized spacial score (nSPS) is 14.2. The maximum Gasteiger partial charge on any atom is 0.295 e. The van der Waals surface area contributed by atoms with Gasteiger partial charge in [0.05, 0.1) is 11.0 Å². The van der Waals surface area contributed by atoms with E-state index in [9.17, 15) is 19.3 Å². The molecular weight excluding hydrogens is 313 g/mol. The minimum atomic E-state index is -0.695. The monoisotopic (exact) mass is 329 g/mol. The number of nitro benzene ring substituents is 1. The summed E-state index contributed by atoms with van der Waals surface area (Å²) in [5, 5.41) is 13.9. The molecule has 1 aliphatic heterocycles. The number of carbonyl (C=O) groups excluding carboxylic acids is 1. The van der Waals surface area contributed by atoms with E-state index < -0.39 is 22.5 Å². The molecule has 3 rings (SSSR count). The predicted octanol–water partition coefficient (Wildman–Crippen LogP) is 3.12.